The molecule has 0 amide bonds. The molecule has 0 atom stereocenters. The quantitative estimate of drug-likeness (QED) is 0.462. The Kier molecular flexibility index (Phi) is 5.69. The van der Waals surface area contributed by atoms with Crippen LogP contribution >= 0.6 is 23.2 Å². The van der Waals surface area contributed by atoms with Crippen molar-refractivity contribution in [2.75, 3.05) is 17.3 Å². The Balaban J connectivity index is 2.36. The van der Waals surface area contributed by atoms with Gasteiger partial charge in [0.2, 0.25) is 0 Å². The van der Waals surface area contributed by atoms with Gasteiger partial charge in [-0.1, -0.05) is 30.1 Å². The van der Waals surface area contributed by atoms with E-state index in [9.17, 15) is 0 Å². The van der Waals surface area contributed by atoms with Gasteiger partial charge in [0.25, 0.3) is 0 Å². The summed E-state index contributed by atoms with van der Waals surface area (Å²) in [4.78, 5) is 0. The first-order valence-corrected chi connectivity index (χ1v) is 7.90. The normalized spacial score (nSPS) is 11.5. The van der Waals surface area contributed by atoms with E-state index < -0.39 is 0 Å². The van der Waals surface area contributed by atoms with Crippen molar-refractivity contribution < 1.29 is 0 Å². The maximum absolute atomic E-state index is 6.05. The zero-order valence-corrected chi connectivity index (χ0v) is 14.2. The highest BCUT2D eigenvalue weighted by atomic mass is 35.5. The monoisotopic (exact) mass is 335 g/mol. The molecule has 0 radical (unpaired) electrons. The smallest absolute Gasteiger partial charge is 0.0672 e. The van der Waals surface area contributed by atoms with E-state index in [1.165, 1.54) is 0 Å². The van der Waals surface area contributed by atoms with E-state index in [0.29, 0.717) is 15.7 Å². The molecule has 0 aliphatic heterocycles. The number of benzene rings is 2. The van der Waals surface area contributed by atoms with E-state index in [1.54, 1.807) is 12.1 Å². The van der Waals surface area contributed by atoms with Crippen LogP contribution in [0, 0.1) is 0 Å². The van der Waals surface area contributed by atoms with Crippen molar-refractivity contribution in [1.29, 1.82) is 0 Å². The van der Waals surface area contributed by atoms with Gasteiger partial charge in [0.1, 0.15) is 0 Å². The molecule has 0 saturated carbocycles. The largest absolute Gasteiger partial charge is 0.398 e. The van der Waals surface area contributed by atoms with Crippen molar-refractivity contribution >= 4 is 40.3 Å². The average Bonchev–Trinajstić information content (AvgIpc) is 2.50. The second kappa shape index (κ2) is 7.52. The molecule has 22 heavy (non-hydrogen) atoms. The van der Waals surface area contributed by atoms with Crippen molar-refractivity contribution in [2.24, 2.45) is 5.10 Å². The van der Waals surface area contributed by atoms with Gasteiger partial charge in [0, 0.05) is 27.8 Å². The van der Waals surface area contributed by atoms with E-state index in [2.05, 4.69) is 6.92 Å². The lowest BCUT2D eigenvalue weighted by Gasteiger charge is -2.20. The Morgan fingerprint density at radius 3 is 2.36 bits per heavy atom. The molecule has 0 aliphatic carbocycles. The van der Waals surface area contributed by atoms with Gasteiger partial charge in [-0.2, -0.15) is 5.10 Å². The molecule has 3 nitrogen and oxygen atoms in total. The van der Waals surface area contributed by atoms with Gasteiger partial charge in [-0.25, -0.2) is 0 Å². The molecule has 116 valence electrons. The SMILES string of the molecule is CCCN(/N=C(\C)c1cc(Cl)ccc1N)c1ccc(Cl)cc1. The van der Waals surface area contributed by atoms with Crippen LogP contribution in [0.15, 0.2) is 47.6 Å². The first-order valence-electron chi connectivity index (χ1n) is 7.15. The minimum Gasteiger partial charge on any atom is -0.398 e. The van der Waals surface area contributed by atoms with Gasteiger partial charge in [-0.05, 0) is 55.8 Å². The Bertz CT molecular complexity index is 666. The van der Waals surface area contributed by atoms with Crippen LogP contribution in [0.25, 0.3) is 0 Å². The summed E-state index contributed by atoms with van der Waals surface area (Å²) in [5.41, 5.74) is 9.35. The number of hydrazone groups is 1. The number of nitrogens with two attached hydrogens (primary N) is 1. The van der Waals surface area contributed by atoms with Gasteiger partial charge >= 0.3 is 0 Å². The molecule has 0 aromatic heterocycles. The van der Waals surface area contributed by atoms with E-state index in [1.807, 2.05) is 42.3 Å². The molecule has 0 bridgehead atoms. The highest BCUT2D eigenvalue weighted by molar-refractivity contribution is 6.31. The van der Waals surface area contributed by atoms with Crippen molar-refractivity contribution in [3.63, 3.8) is 0 Å². The van der Waals surface area contributed by atoms with E-state index in [0.717, 1.165) is 29.9 Å². The summed E-state index contributed by atoms with van der Waals surface area (Å²) in [7, 11) is 0. The molecule has 5 heteroatoms. The van der Waals surface area contributed by atoms with Crippen LogP contribution in [-0.4, -0.2) is 12.3 Å². The van der Waals surface area contributed by atoms with Gasteiger partial charge < -0.3 is 5.73 Å². The van der Waals surface area contributed by atoms with Gasteiger partial charge in [-0.15, -0.1) is 0 Å². The average molecular weight is 336 g/mol. The first-order chi connectivity index (χ1) is 10.5. The summed E-state index contributed by atoms with van der Waals surface area (Å²) in [6.07, 6.45) is 0.977. The fourth-order valence-corrected chi connectivity index (χ4v) is 2.44. The number of anilines is 2. The molecule has 2 N–H and O–H groups in total. The van der Waals surface area contributed by atoms with Crippen molar-refractivity contribution in [3.05, 3.63) is 58.1 Å². The van der Waals surface area contributed by atoms with Gasteiger partial charge in [0.15, 0.2) is 0 Å². The van der Waals surface area contributed by atoms with Crippen LogP contribution in [0.1, 0.15) is 25.8 Å². The lowest BCUT2D eigenvalue weighted by Crippen LogP contribution is -2.19. The molecule has 0 fully saturated rings. The zero-order valence-electron chi connectivity index (χ0n) is 12.7. The predicted octanol–water partition coefficient (Wildman–Crippen LogP) is 5.22. The lowest BCUT2D eigenvalue weighted by atomic mass is 10.1. The second-order valence-electron chi connectivity index (χ2n) is 5.02. The molecule has 0 heterocycles. The summed E-state index contributed by atoms with van der Waals surface area (Å²) in [6, 6.07) is 13.0. The molecular formula is C17H19Cl2N3. The Morgan fingerprint density at radius 2 is 1.73 bits per heavy atom. The fourth-order valence-electron chi connectivity index (χ4n) is 2.14. The van der Waals surface area contributed by atoms with E-state index in [4.69, 9.17) is 34.0 Å². The molecular weight excluding hydrogens is 317 g/mol. The molecule has 0 aliphatic rings. The molecule has 2 aromatic carbocycles. The van der Waals surface area contributed by atoms with Crippen LogP contribution in [0.4, 0.5) is 11.4 Å². The number of halogens is 2. The van der Waals surface area contributed by atoms with E-state index >= 15 is 0 Å². The summed E-state index contributed by atoms with van der Waals surface area (Å²) >= 11 is 12.0. The van der Waals surface area contributed by atoms with Gasteiger partial charge in [-0.3, -0.25) is 5.01 Å². The minimum atomic E-state index is 0.646. The van der Waals surface area contributed by atoms with Crippen molar-refractivity contribution in [1.82, 2.24) is 0 Å². The Labute approximate surface area is 141 Å². The van der Waals surface area contributed by atoms with Crippen molar-refractivity contribution in [3.8, 4) is 0 Å². The van der Waals surface area contributed by atoms with Crippen molar-refractivity contribution in [2.45, 2.75) is 20.3 Å². The fraction of sp³-hybridized carbons (Fsp3) is 0.235. The number of rotatable bonds is 5. The lowest BCUT2D eigenvalue weighted by molar-refractivity contribution is 0.806. The summed E-state index contributed by atoms with van der Waals surface area (Å²) < 4.78 is 0. The van der Waals surface area contributed by atoms with Crippen LogP contribution in [0.3, 0.4) is 0 Å². The van der Waals surface area contributed by atoms with Crippen LogP contribution in [0.5, 0.6) is 0 Å². The zero-order chi connectivity index (χ0) is 16.1. The number of nitrogens with zero attached hydrogens (tertiary/aromatic N) is 2. The Hall–Kier alpha value is -1.71. The molecule has 2 rings (SSSR count). The predicted molar refractivity (Wildman–Crippen MR) is 97.2 cm³/mol. The molecule has 2 aromatic rings. The summed E-state index contributed by atoms with van der Waals surface area (Å²) in [5, 5.41) is 8.01. The highest BCUT2D eigenvalue weighted by Gasteiger charge is 2.08. The number of hydrogen-bond donors (Lipinski definition) is 1. The van der Waals surface area contributed by atoms with Crippen LogP contribution < -0.4 is 10.7 Å². The number of hydrogen-bond acceptors (Lipinski definition) is 3. The molecule has 0 saturated heterocycles. The third kappa shape index (κ3) is 4.15. The first kappa shape index (κ1) is 16.7. The van der Waals surface area contributed by atoms with Crippen LogP contribution in [0.2, 0.25) is 10.0 Å². The van der Waals surface area contributed by atoms with E-state index in [-0.39, 0.29) is 0 Å². The molecule has 0 unspecified atom stereocenters. The topological polar surface area (TPSA) is 41.6 Å². The Morgan fingerprint density at radius 1 is 1.09 bits per heavy atom. The standard InChI is InChI=1S/C17H19Cl2N3/c1-3-10-22(15-7-4-13(18)5-8-15)21-12(2)16-11-14(19)6-9-17(16)20/h4-9,11H,3,10,20H2,1-2H3/b21-12+. The second-order valence-corrected chi connectivity index (χ2v) is 5.89. The molecule has 0 spiro atoms. The maximum atomic E-state index is 6.05. The summed E-state index contributed by atoms with van der Waals surface area (Å²) in [6.45, 7) is 4.85. The third-order valence-corrected chi connectivity index (χ3v) is 3.72. The van der Waals surface area contributed by atoms with Crippen LogP contribution in [-0.2, 0) is 0 Å². The maximum Gasteiger partial charge on any atom is 0.0672 e. The minimum absolute atomic E-state index is 0.646. The summed E-state index contributed by atoms with van der Waals surface area (Å²) in [5.74, 6) is 0. The number of nitrogen functional groups attached to an aromatic ring is 1. The highest BCUT2D eigenvalue weighted by Crippen LogP contribution is 2.22. The third-order valence-electron chi connectivity index (χ3n) is 3.24. The van der Waals surface area contributed by atoms with Gasteiger partial charge in [0.05, 0.1) is 11.4 Å².